The van der Waals surface area contributed by atoms with Gasteiger partial charge < -0.3 is 14.8 Å². The molecule has 0 bridgehead atoms. The van der Waals surface area contributed by atoms with Crippen LogP contribution in [0.5, 0.6) is 11.5 Å². The molecule has 0 radical (unpaired) electrons. The van der Waals surface area contributed by atoms with Gasteiger partial charge in [0.25, 0.3) is 0 Å². The Bertz CT molecular complexity index is 759. The van der Waals surface area contributed by atoms with Crippen LogP contribution >= 0.6 is 11.3 Å². The molecule has 1 aromatic heterocycles. The van der Waals surface area contributed by atoms with E-state index in [-0.39, 0.29) is 5.91 Å². The van der Waals surface area contributed by atoms with E-state index in [9.17, 15) is 4.79 Å². The number of amides is 1. The number of carbonyl (C=O) groups is 1. The number of carbonyl (C=O) groups excluding carboxylic acids is 1. The molecule has 0 unspecified atom stereocenters. The molecule has 1 N–H and O–H groups in total. The highest BCUT2D eigenvalue weighted by molar-refractivity contribution is 7.10. The summed E-state index contributed by atoms with van der Waals surface area (Å²) in [6.45, 7) is 4.04. The van der Waals surface area contributed by atoms with E-state index in [1.807, 2.05) is 29.5 Å². The van der Waals surface area contributed by atoms with E-state index in [2.05, 4.69) is 28.6 Å². The number of hydrogen-bond donors (Lipinski definition) is 1. The Morgan fingerprint density at radius 1 is 1.27 bits per heavy atom. The molecule has 1 aliphatic rings. The molecule has 0 aliphatic carbocycles. The van der Waals surface area contributed by atoms with Crippen molar-refractivity contribution in [3.63, 3.8) is 0 Å². The molecule has 0 fully saturated rings. The average molecular weight is 375 g/mol. The van der Waals surface area contributed by atoms with Crippen LogP contribution in [-0.2, 0) is 17.8 Å². The van der Waals surface area contributed by atoms with Gasteiger partial charge in [-0.15, -0.1) is 11.3 Å². The second-order valence-electron chi connectivity index (χ2n) is 6.41. The first kappa shape index (κ1) is 18.7. The number of hydrogen-bond acceptors (Lipinski definition) is 5. The van der Waals surface area contributed by atoms with Gasteiger partial charge in [0.15, 0.2) is 11.5 Å². The Morgan fingerprint density at radius 2 is 2.08 bits per heavy atom. The molecule has 1 aromatic carbocycles. The molecule has 2 aromatic rings. The monoisotopic (exact) mass is 374 g/mol. The number of nitrogens with one attached hydrogen (secondary N) is 1. The van der Waals surface area contributed by atoms with E-state index in [1.54, 1.807) is 14.2 Å². The third kappa shape index (κ3) is 4.02. The van der Waals surface area contributed by atoms with Gasteiger partial charge in [-0.1, -0.05) is 13.0 Å². The quantitative estimate of drug-likeness (QED) is 0.807. The van der Waals surface area contributed by atoms with Gasteiger partial charge in [-0.25, -0.2) is 0 Å². The molecular weight excluding hydrogens is 348 g/mol. The molecule has 1 aliphatic heterocycles. The fourth-order valence-electron chi connectivity index (χ4n) is 3.55. The normalized spacial score (nSPS) is 16.8. The summed E-state index contributed by atoms with van der Waals surface area (Å²) in [5.74, 6) is 1.41. The summed E-state index contributed by atoms with van der Waals surface area (Å²) in [5.41, 5.74) is 2.39. The molecule has 5 nitrogen and oxygen atoms in total. The van der Waals surface area contributed by atoms with E-state index in [1.165, 1.54) is 10.4 Å². The number of rotatable bonds is 7. The van der Waals surface area contributed by atoms with E-state index in [0.29, 0.717) is 30.6 Å². The predicted molar refractivity (Wildman–Crippen MR) is 104 cm³/mol. The smallest absolute Gasteiger partial charge is 0.234 e. The van der Waals surface area contributed by atoms with Gasteiger partial charge in [-0.05, 0) is 47.5 Å². The summed E-state index contributed by atoms with van der Waals surface area (Å²) in [6.07, 6.45) is 2.05. The predicted octanol–water partition coefficient (Wildman–Crippen LogP) is 3.39. The van der Waals surface area contributed by atoms with Crippen molar-refractivity contribution >= 4 is 17.2 Å². The van der Waals surface area contributed by atoms with E-state index >= 15 is 0 Å². The Labute approximate surface area is 158 Å². The summed E-state index contributed by atoms with van der Waals surface area (Å²) in [7, 11) is 3.22. The molecule has 2 heterocycles. The second-order valence-corrected chi connectivity index (χ2v) is 7.41. The van der Waals surface area contributed by atoms with Crippen molar-refractivity contribution in [2.24, 2.45) is 0 Å². The molecule has 0 saturated carbocycles. The van der Waals surface area contributed by atoms with E-state index in [4.69, 9.17) is 9.47 Å². The van der Waals surface area contributed by atoms with Crippen LogP contribution in [0.2, 0.25) is 0 Å². The molecular formula is C20H26N2O3S. The first-order valence-corrected chi connectivity index (χ1v) is 9.82. The zero-order valence-corrected chi connectivity index (χ0v) is 16.4. The Kier molecular flexibility index (Phi) is 6.16. The second kappa shape index (κ2) is 8.56. The number of ether oxygens (including phenoxy) is 2. The van der Waals surface area contributed by atoms with Crippen molar-refractivity contribution < 1.29 is 14.3 Å². The highest BCUT2D eigenvalue weighted by atomic mass is 32.1. The lowest BCUT2D eigenvalue weighted by atomic mass is 9.98. The lowest BCUT2D eigenvalue weighted by molar-refractivity contribution is -0.123. The van der Waals surface area contributed by atoms with Crippen molar-refractivity contribution in [3.05, 3.63) is 45.6 Å². The van der Waals surface area contributed by atoms with Crippen molar-refractivity contribution in [2.45, 2.75) is 32.4 Å². The van der Waals surface area contributed by atoms with Crippen molar-refractivity contribution in [2.75, 3.05) is 27.3 Å². The minimum absolute atomic E-state index is 0.0527. The highest BCUT2D eigenvalue weighted by Gasteiger charge is 2.28. The highest BCUT2D eigenvalue weighted by Crippen LogP contribution is 2.34. The number of methoxy groups -OCH3 is 2. The molecule has 0 spiro atoms. The Hall–Kier alpha value is -2.05. The first-order valence-electron chi connectivity index (χ1n) is 8.94. The third-order valence-electron chi connectivity index (χ3n) is 4.88. The van der Waals surface area contributed by atoms with Gasteiger partial charge in [-0.3, -0.25) is 9.69 Å². The first-order chi connectivity index (χ1) is 12.7. The number of fused-ring (bicyclic) bond motifs is 1. The summed E-state index contributed by atoms with van der Waals surface area (Å²) in [4.78, 5) is 16.2. The van der Waals surface area contributed by atoms with Crippen LogP contribution in [0.4, 0.5) is 0 Å². The zero-order valence-electron chi connectivity index (χ0n) is 15.6. The largest absolute Gasteiger partial charge is 0.493 e. The van der Waals surface area contributed by atoms with Crippen LogP contribution in [-0.4, -0.2) is 38.1 Å². The fourth-order valence-corrected chi connectivity index (χ4v) is 4.48. The number of nitrogens with zero attached hydrogens (tertiary/aromatic N) is 1. The maximum Gasteiger partial charge on any atom is 0.234 e. The molecule has 1 atom stereocenters. The number of thiophene rings is 1. The summed E-state index contributed by atoms with van der Waals surface area (Å²) < 4.78 is 10.6. The standard InChI is InChI=1S/C20H26N2O3S/c1-4-16-15-8-10-26-19(15)7-9-22(16)13-20(23)21-12-14-5-6-17(24-2)18(11-14)25-3/h5-6,8,10-11,16H,4,7,9,12-13H2,1-3H3,(H,21,23)/t16-/m1/s1. The van der Waals surface area contributed by atoms with E-state index in [0.717, 1.165) is 24.9 Å². The minimum Gasteiger partial charge on any atom is -0.493 e. The molecule has 140 valence electrons. The number of benzene rings is 1. The fraction of sp³-hybridized carbons (Fsp3) is 0.450. The van der Waals surface area contributed by atoms with Crippen molar-refractivity contribution in [3.8, 4) is 11.5 Å². The van der Waals surface area contributed by atoms with Crippen LogP contribution in [0.3, 0.4) is 0 Å². The Morgan fingerprint density at radius 3 is 2.81 bits per heavy atom. The maximum absolute atomic E-state index is 12.5. The molecule has 6 heteroatoms. The van der Waals surface area contributed by atoms with Gasteiger partial charge in [0.2, 0.25) is 5.91 Å². The van der Waals surface area contributed by atoms with Gasteiger partial charge in [0.1, 0.15) is 0 Å². The van der Waals surface area contributed by atoms with Crippen molar-refractivity contribution in [1.29, 1.82) is 0 Å². The van der Waals surface area contributed by atoms with Crippen molar-refractivity contribution in [1.82, 2.24) is 10.2 Å². The topological polar surface area (TPSA) is 50.8 Å². The van der Waals surface area contributed by atoms with Crippen LogP contribution < -0.4 is 14.8 Å². The van der Waals surface area contributed by atoms with Crippen LogP contribution in [0.25, 0.3) is 0 Å². The maximum atomic E-state index is 12.5. The van der Waals surface area contributed by atoms with Crippen LogP contribution in [0.15, 0.2) is 29.6 Å². The average Bonchev–Trinajstić information content (AvgIpc) is 3.14. The van der Waals surface area contributed by atoms with Crippen LogP contribution in [0, 0.1) is 0 Å². The summed E-state index contributed by atoms with van der Waals surface area (Å²) >= 11 is 1.83. The Balaban J connectivity index is 1.58. The molecule has 3 rings (SSSR count). The van der Waals surface area contributed by atoms with Gasteiger partial charge in [0, 0.05) is 24.0 Å². The lowest BCUT2D eigenvalue weighted by Gasteiger charge is -2.34. The van der Waals surface area contributed by atoms with Gasteiger partial charge >= 0.3 is 0 Å². The third-order valence-corrected chi connectivity index (χ3v) is 5.87. The lowest BCUT2D eigenvalue weighted by Crippen LogP contribution is -2.42. The molecule has 1 amide bonds. The van der Waals surface area contributed by atoms with E-state index < -0.39 is 0 Å². The zero-order chi connectivity index (χ0) is 18.5. The van der Waals surface area contributed by atoms with Gasteiger partial charge in [0.05, 0.1) is 20.8 Å². The molecule has 26 heavy (non-hydrogen) atoms. The summed E-state index contributed by atoms with van der Waals surface area (Å²) in [5, 5.41) is 5.18. The van der Waals surface area contributed by atoms with Crippen LogP contribution in [0.1, 0.15) is 35.4 Å². The molecule has 0 saturated heterocycles. The minimum atomic E-state index is 0.0527. The van der Waals surface area contributed by atoms with Gasteiger partial charge in [-0.2, -0.15) is 0 Å². The summed E-state index contributed by atoms with van der Waals surface area (Å²) in [6, 6.07) is 8.25. The SMILES string of the molecule is CC[C@@H]1c2ccsc2CCN1CC(=O)NCc1ccc(OC)c(OC)c1.